The summed E-state index contributed by atoms with van der Waals surface area (Å²) in [6, 6.07) is 11.4. The molecule has 8 nitrogen and oxygen atoms in total. The van der Waals surface area contributed by atoms with Crippen LogP contribution < -0.4 is 9.47 Å². The molecule has 0 spiro atoms. The number of halogens is 1. The fraction of sp³-hybridized carbons (Fsp3) is 0.318. The molecular weight excluding hydrogens is 403 g/mol. The van der Waals surface area contributed by atoms with Crippen LogP contribution >= 0.6 is 0 Å². The van der Waals surface area contributed by atoms with Gasteiger partial charge in [-0.25, -0.2) is 4.39 Å². The number of carbonyl (C=O) groups is 1. The molecule has 1 aromatic heterocycles. The van der Waals surface area contributed by atoms with Crippen molar-refractivity contribution >= 4 is 5.91 Å². The molecule has 0 N–H and O–H groups in total. The maximum absolute atomic E-state index is 13.6. The topological polar surface area (TPSA) is 80.9 Å². The van der Waals surface area contributed by atoms with Crippen molar-refractivity contribution in [2.75, 3.05) is 40.4 Å². The van der Waals surface area contributed by atoms with Crippen LogP contribution in [0.1, 0.15) is 16.2 Å². The van der Waals surface area contributed by atoms with E-state index in [-0.39, 0.29) is 11.5 Å². The molecule has 1 aliphatic rings. The third kappa shape index (κ3) is 4.66. The lowest BCUT2D eigenvalue weighted by atomic mass is 10.1. The Morgan fingerprint density at radius 2 is 1.81 bits per heavy atom. The number of rotatable bonds is 6. The second-order valence-corrected chi connectivity index (χ2v) is 7.15. The summed E-state index contributed by atoms with van der Waals surface area (Å²) in [4.78, 5) is 21.1. The van der Waals surface area contributed by atoms with Gasteiger partial charge in [-0.1, -0.05) is 5.16 Å². The highest BCUT2D eigenvalue weighted by Crippen LogP contribution is 2.23. The largest absolute Gasteiger partial charge is 0.497 e. The van der Waals surface area contributed by atoms with Gasteiger partial charge in [0.15, 0.2) is 0 Å². The van der Waals surface area contributed by atoms with Gasteiger partial charge in [-0.05, 0) is 42.5 Å². The van der Waals surface area contributed by atoms with E-state index < -0.39 is 5.82 Å². The Morgan fingerprint density at radius 1 is 1.06 bits per heavy atom. The summed E-state index contributed by atoms with van der Waals surface area (Å²) in [5, 5.41) is 4.05. The summed E-state index contributed by atoms with van der Waals surface area (Å²) < 4.78 is 29.4. The van der Waals surface area contributed by atoms with Crippen molar-refractivity contribution in [1.29, 1.82) is 0 Å². The zero-order valence-corrected chi connectivity index (χ0v) is 17.4. The quantitative estimate of drug-likeness (QED) is 0.600. The lowest BCUT2D eigenvalue weighted by Gasteiger charge is -2.34. The van der Waals surface area contributed by atoms with Crippen molar-refractivity contribution < 1.29 is 23.2 Å². The Kier molecular flexibility index (Phi) is 6.13. The number of benzene rings is 2. The van der Waals surface area contributed by atoms with E-state index in [1.165, 1.54) is 25.3 Å². The van der Waals surface area contributed by atoms with Gasteiger partial charge in [-0.3, -0.25) is 9.69 Å². The summed E-state index contributed by atoms with van der Waals surface area (Å²) in [6.45, 7) is 2.80. The minimum Gasteiger partial charge on any atom is -0.497 e. The molecule has 2 heterocycles. The minimum atomic E-state index is -0.466. The number of carbonyl (C=O) groups excluding carboxylic acids is 1. The Labute approximate surface area is 179 Å². The molecule has 31 heavy (non-hydrogen) atoms. The van der Waals surface area contributed by atoms with Crippen LogP contribution in [-0.4, -0.2) is 66.2 Å². The zero-order valence-electron chi connectivity index (χ0n) is 17.4. The van der Waals surface area contributed by atoms with Crippen molar-refractivity contribution in [3.63, 3.8) is 0 Å². The number of hydrogen-bond acceptors (Lipinski definition) is 7. The van der Waals surface area contributed by atoms with E-state index in [2.05, 4.69) is 15.0 Å². The first-order valence-corrected chi connectivity index (χ1v) is 9.89. The van der Waals surface area contributed by atoms with E-state index >= 15 is 0 Å². The molecule has 1 amide bonds. The normalized spacial score (nSPS) is 14.5. The Bertz CT molecular complexity index is 1050. The van der Waals surface area contributed by atoms with Crippen LogP contribution in [0, 0.1) is 5.82 Å². The lowest BCUT2D eigenvalue weighted by Crippen LogP contribution is -2.48. The number of methoxy groups -OCH3 is 2. The SMILES string of the molecule is COc1ccc(-c2noc(CN3CCN(C(=O)c4cc(F)ccc4OC)CC3)n2)cc1. The molecule has 0 atom stereocenters. The maximum Gasteiger partial charge on any atom is 0.257 e. The number of nitrogens with zero attached hydrogens (tertiary/aromatic N) is 4. The van der Waals surface area contributed by atoms with Gasteiger partial charge in [0, 0.05) is 31.7 Å². The van der Waals surface area contributed by atoms with Crippen LogP contribution in [0.25, 0.3) is 11.4 Å². The molecule has 9 heteroatoms. The highest BCUT2D eigenvalue weighted by atomic mass is 19.1. The fourth-order valence-electron chi connectivity index (χ4n) is 3.49. The summed E-state index contributed by atoms with van der Waals surface area (Å²) in [5.74, 6) is 1.45. The van der Waals surface area contributed by atoms with Crippen molar-refractivity contribution in [3.05, 3.63) is 59.7 Å². The first-order chi connectivity index (χ1) is 15.1. The van der Waals surface area contributed by atoms with E-state index in [4.69, 9.17) is 14.0 Å². The number of aromatic nitrogens is 2. The van der Waals surface area contributed by atoms with Gasteiger partial charge in [0.05, 0.1) is 26.3 Å². The van der Waals surface area contributed by atoms with Gasteiger partial charge in [0.25, 0.3) is 5.91 Å². The molecule has 0 bridgehead atoms. The van der Waals surface area contributed by atoms with E-state index in [0.29, 0.717) is 50.2 Å². The molecule has 0 saturated carbocycles. The fourth-order valence-corrected chi connectivity index (χ4v) is 3.49. The van der Waals surface area contributed by atoms with Crippen LogP contribution in [0.2, 0.25) is 0 Å². The molecule has 0 radical (unpaired) electrons. The van der Waals surface area contributed by atoms with Crippen LogP contribution in [0.15, 0.2) is 47.0 Å². The zero-order chi connectivity index (χ0) is 21.8. The van der Waals surface area contributed by atoms with E-state index in [0.717, 1.165) is 11.3 Å². The first kappa shape index (κ1) is 20.8. The molecule has 1 fully saturated rings. The predicted molar refractivity (Wildman–Crippen MR) is 110 cm³/mol. The highest BCUT2D eigenvalue weighted by molar-refractivity contribution is 5.97. The monoisotopic (exact) mass is 426 g/mol. The number of ether oxygens (including phenoxy) is 2. The molecule has 0 unspecified atom stereocenters. The third-order valence-corrected chi connectivity index (χ3v) is 5.23. The molecule has 162 valence electrons. The van der Waals surface area contributed by atoms with Crippen molar-refractivity contribution in [1.82, 2.24) is 19.9 Å². The predicted octanol–water partition coefficient (Wildman–Crippen LogP) is 2.85. The standard InChI is InChI=1S/C22H23FN4O4/c1-29-17-6-3-15(4-7-17)21-24-20(31-25-21)14-26-9-11-27(12-10-26)22(28)18-13-16(23)5-8-19(18)30-2/h3-8,13H,9-12,14H2,1-2H3. The summed E-state index contributed by atoms with van der Waals surface area (Å²) in [6.07, 6.45) is 0. The van der Waals surface area contributed by atoms with Gasteiger partial charge in [0.1, 0.15) is 17.3 Å². The lowest BCUT2D eigenvalue weighted by molar-refractivity contribution is 0.0611. The van der Waals surface area contributed by atoms with Gasteiger partial charge in [-0.2, -0.15) is 4.98 Å². The van der Waals surface area contributed by atoms with Gasteiger partial charge >= 0.3 is 0 Å². The minimum absolute atomic E-state index is 0.233. The molecule has 0 aliphatic carbocycles. The summed E-state index contributed by atoms with van der Waals surface area (Å²) in [5.41, 5.74) is 1.08. The van der Waals surface area contributed by atoms with Crippen LogP contribution in [0.5, 0.6) is 11.5 Å². The molecule has 1 saturated heterocycles. The second-order valence-electron chi connectivity index (χ2n) is 7.15. The van der Waals surface area contributed by atoms with Crippen LogP contribution in [0.4, 0.5) is 4.39 Å². The Balaban J connectivity index is 1.35. The summed E-state index contributed by atoms with van der Waals surface area (Å²) in [7, 11) is 3.08. The van der Waals surface area contributed by atoms with Gasteiger partial charge in [0.2, 0.25) is 11.7 Å². The smallest absolute Gasteiger partial charge is 0.257 e. The van der Waals surface area contributed by atoms with Gasteiger partial charge in [-0.15, -0.1) is 0 Å². The molecular formula is C22H23FN4O4. The third-order valence-electron chi connectivity index (χ3n) is 5.23. The molecule has 2 aromatic carbocycles. The van der Waals surface area contributed by atoms with E-state index in [1.54, 1.807) is 12.0 Å². The maximum atomic E-state index is 13.6. The number of amides is 1. The first-order valence-electron chi connectivity index (χ1n) is 9.89. The molecule has 1 aliphatic heterocycles. The van der Waals surface area contributed by atoms with Crippen LogP contribution in [0.3, 0.4) is 0 Å². The number of hydrogen-bond donors (Lipinski definition) is 0. The van der Waals surface area contributed by atoms with Crippen molar-refractivity contribution in [3.8, 4) is 22.9 Å². The van der Waals surface area contributed by atoms with Crippen molar-refractivity contribution in [2.24, 2.45) is 0 Å². The van der Waals surface area contributed by atoms with Crippen LogP contribution in [-0.2, 0) is 6.54 Å². The van der Waals surface area contributed by atoms with Crippen molar-refractivity contribution in [2.45, 2.75) is 6.54 Å². The Morgan fingerprint density at radius 3 is 2.48 bits per heavy atom. The highest BCUT2D eigenvalue weighted by Gasteiger charge is 2.25. The summed E-state index contributed by atoms with van der Waals surface area (Å²) >= 11 is 0. The molecule has 4 rings (SSSR count). The average molecular weight is 426 g/mol. The van der Waals surface area contributed by atoms with Gasteiger partial charge < -0.3 is 18.9 Å². The molecule has 3 aromatic rings. The van der Waals surface area contributed by atoms with E-state index in [9.17, 15) is 9.18 Å². The average Bonchev–Trinajstić information content (AvgIpc) is 3.27. The Hall–Kier alpha value is -3.46. The number of piperazine rings is 1. The van der Waals surface area contributed by atoms with E-state index in [1.807, 2.05) is 24.3 Å². The second kappa shape index (κ2) is 9.13.